The minimum absolute atomic E-state index is 0.208. The van der Waals surface area contributed by atoms with Crippen molar-refractivity contribution in [3.63, 3.8) is 0 Å². The summed E-state index contributed by atoms with van der Waals surface area (Å²) in [6.07, 6.45) is 0. The molecule has 0 unspecified atom stereocenters. The summed E-state index contributed by atoms with van der Waals surface area (Å²) in [6, 6.07) is 1.43. The second-order valence-electron chi connectivity index (χ2n) is 4.40. The molecule has 8 heteroatoms. The minimum atomic E-state index is -1.01. The number of ether oxygens (including phenoxy) is 1. The smallest absolute Gasteiger partial charge is 0.341 e. The van der Waals surface area contributed by atoms with Gasteiger partial charge < -0.3 is 10.5 Å². The van der Waals surface area contributed by atoms with Crippen molar-refractivity contribution in [3.05, 3.63) is 45.7 Å². The van der Waals surface area contributed by atoms with Gasteiger partial charge in [0.15, 0.2) is 0 Å². The number of halogens is 3. The maximum Gasteiger partial charge on any atom is 0.341 e. The van der Waals surface area contributed by atoms with E-state index in [0.717, 1.165) is 6.07 Å². The fraction of sp³-hybridized carbons (Fsp3) is 0.231. The number of esters is 1. The summed E-state index contributed by atoms with van der Waals surface area (Å²) in [7, 11) is 1.63. The summed E-state index contributed by atoms with van der Waals surface area (Å²) in [5.41, 5.74) is 5.33. The van der Waals surface area contributed by atoms with Crippen LogP contribution >= 0.6 is 11.6 Å². The Kier molecular flexibility index (Phi) is 4.13. The van der Waals surface area contributed by atoms with Crippen molar-refractivity contribution in [2.75, 3.05) is 5.73 Å². The Balaban J connectivity index is 2.17. The molecule has 0 saturated heterocycles. The quantitative estimate of drug-likeness (QED) is 0.698. The standard InChI is InChI=1S/C13H12ClF2N3O2/c1-6-12(14)11(19(2)18-6)5-21-13(20)7-3-9(16)10(17)4-8(7)15/h3-4H,5,17H2,1-2H3. The van der Waals surface area contributed by atoms with Crippen LogP contribution in [-0.2, 0) is 18.4 Å². The van der Waals surface area contributed by atoms with Gasteiger partial charge in [0.05, 0.1) is 27.7 Å². The molecule has 0 aliphatic carbocycles. The van der Waals surface area contributed by atoms with Crippen LogP contribution in [0, 0.1) is 18.6 Å². The van der Waals surface area contributed by atoms with Crippen LogP contribution in [0.2, 0.25) is 5.02 Å². The number of nitrogens with two attached hydrogens (primary N) is 1. The zero-order chi connectivity index (χ0) is 15.7. The third-order valence-corrected chi connectivity index (χ3v) is 3.40. The zero-order valence-corrected chi connectivity index (χ0v) is 12.0. The highest BCUT2D eigenvalue weighted by molar-refractivity contribution is 6.31. The lowest BCUT2D eigenvalue weighted by atomic mass is 10.2. The van der Waals surface area contributed by atoms with Crippen LogP contribution in [0.1, 0.15) is 21.7 Å². The monoisotopic (exact) mass is 315 g/mol. The maximum atomic E-state index is 13.6. The summed E-state index contributed by atoms with van der Waals surface area (Å²) in [5.74, 6) is -2.86. The van der Waals surface area contributed by atoms with Gasteiger partial charge in [-0.05, 0) is 13.0 Å². The first-order valence-electron chi connectivity index (χ1n) is 5.91. The Bertz CT molecular complexity index is 716. The van der Waals surface area contributed by atoms with Crippen molar-refractivity contribution >= 4 is 23.3 Å². The number of carbonyl (C=O) groups is 1. The average Bonchev–Trinajstić information content (AvgIpc) is 2.65. The van der Waals surface area contributed by atoms with Crippen LogP contribution in [0.3, 0.4) is 0 Å². The van der Waals surface area contributed by atoms with Gasteiger partial charge in [0.2, 0.25) is 0 Å². The highest BCUT2D eigenvalue weighted by Gasteiger charge is 2.18. The lowest BCUT2D eigenvalue weighted by Crippen LogP contribution is -2.11. The molecule has 112 valence electrons. The number of hydrogen-bond acceptors (Lipinski definition) is 4. The topological polar surface area (TPSA) is 70.1 Å². The van der Waals surface area contributed by atoms with E-state index in [2.05, 4.69) is 5.10 Å². The van der Waals surface area contributed by atoms with Crippen LogP contribution in [-0.4, -0.2) is 15.7 Å². The van der Waals surface area contributed by atoms with Crippen LogP contribution in [0.5, 0.6) is 0 Å². The molecular formula is C13H12ClF2N3O2. The van der Waals surface area contributed by atoms with Crippen LogP contribution in [0.15, 0.2) is 12.1 Å². The third kappa shape index (κ3) is 2.97. The highest BCUT2D eigenvalue weighted by Crippen LogP contribution is 2.22. The van der Waals surface area contributed by atoms with Crippen molar-refractivity contribution in [1.29, 1.82) is 0 Å². The number of benzene rings is 1. The number of nitrogens with zero attached hydrogens (tertiary/aromatic N) is 2. The minimum Gasteiger partial charge on any atom is -0.455 e. The molecule has 0 aliphatic rings. The molecular weight excluding hydrogens is 304 g/mol. The predicted octanol–water partition coefficient (Wildman–Crippen LogP) is 2.60. The predicted molar refractivity (Wildman–Crippen MR) is 72.8 cm³/mol. The number of nitrogen functional groups attached to an aromatic ring is 1. The second kappa shape index (κ2) is 5.69. The van der Waals surface area contributed by atoms with Gasteiger partial charge in [0.25, 0.3) is 0 Å². The first kappa shape index (κ1) is 15.2. The summed E-state index contributed by atoms with van der Waals surface area (Å²) >= 11 is 6.00. The molecule has 0 saturated carbocycles. The lowest BCUT2D eigenvalue weighted by molar-refractivity contribution is 0.0458. The number of carbonyl (C=O) groups excluding carboxylic acids is 1. The van der Waals surface area contributed by atoms with E-state index in [1.54, 1.807) is 14.0 Å². The second-order valence-corrected chi connectivity index (χ2v) is 4.78. The van der Waals surface area contributed by atoms with E-state index < -0.39 is 23.2 Å². The Morgan fingerprint density at radius 2 is 2.10 bits per heavy atom. The molecule has 0 atom stereocenters. The van der Waals surface area contributed by atoms with Crippen molar-refractivity contribution in [2.45, 2.75) is 13.5 Å². The number of aromatic nitrogens is 2. The molecule has 0 radical (unpaired) electrons. The van der Waals surface area contributed by atoms with E-state index in [1.807, 2.05) is 0 Å². The maximum absolute atomic E-state index is 13.6. The average molecular weight is 316 g/mol. The highest BCUT2D eigenvalue weighted by atomic mass is 35.5. The van der Waals surface area contributed by atoms with E-state index in [1.165, 1.54) is 4.68 Å². The van der Waals surface area contributed by atoms with Gasteiger partial charge in [0, 0.05) is 13.1 Å². The van der Waals surface area contributed by atoms with Crippen molar-refractivity contribution in [3.8, 4) is 0 Å². The molecule has 5 nitrogen and oxygen atoms in total. The number of hydrogen-bond donors (Lipinski definition) is 1. The van der Waals surface area contributed by atoms with Gasteiger partial charge in [-0.1, -0.05) is 11.6 Å². The SMILES string of the molecule is Cc1nn(C)c(COC(=O)c2cc(F)c(N)cc2F)c1Cl. The number of aryl methyl sites for hydroxylation is 2. The van der Waals surface area contributed by atoms with Gasteiger partial charge in [-0.15, -0.1) is 0 Å². The molecule has 21 heavy (non-hydrogen) atoms. The van der Waals surface area contributed by atoms with E-state index >= 15 is 0 Å². The molecule has 0 spiro atoms. The summed E-state index contributed by atoms with van der Waals surface area (Å²) in [5, 5.41) is 4.40. The van der Waals surface area contributed by atoms with E-state index in [-0.39, 0.29) is 12.3 Å². The Hall–Kier alpha value is -2.15. The Morgan fingerprint density at radius 3 is 2.67 bits per heavy atom. The molecule has 2 N–H and O–H groups in total. The molecule has 1 heterocycles. The Labute approximate surface area is 124 Å². The van der Waals surface area contributed by atoms with Crippen molar-refractivity contribution in [2.24, 2.45) is 7.05 Å². The molecule has 2 rings (SSSR count). The first-order chi connectivity index (χ1) is 9.81. The molecule has 0 aliphatic heterocycles. The number of anilines is 1. The zero-order valence-electron chi connectivity index (χ0n) is 11.3. The fourth-order valence-corrected chi connectivity index (χ4v) is 1.98. The van der Waals surface area contributed by atoms with E-state index in [0.29, 0.717) is 22.5 Å². The van der Waals surface area contributed by atoms with Crippen LogP contribution in [0.25, 0.3) is 0 Å². The van der Waals surface area contributed by atoms with Crippen LogP contribution in [0.4, 0.5) is 14.5 Å². The largest absolute Gasteiger partial charge is 0.455 e. The van der Waals surface area contributed by atoms with Crippen LogP contribution < -0.4 is 5.73 Å². The molecule has 1 aromatic carbocycles. The van der Waals surface area contributed by atoms with E-state index in [4.69, 9.17) is 22.1 Å². The van der Waals surface area contributed by atoms with Gasteiger partial charge in [-0.25, -0.2) is 13.6 Å². The summed E-state index contributed by atoms with van der Waals surface area (Å²) in [6.45, 7) is 1.49. The lowest BCUT2D eigenvalue weighted by Gasteiger charge is -2.07. The number of rotatable bonds is 3. The van der Waals surface area contributed by atoms with Gasteiger partial charge in [0.1, 0.15) is 18.2 Å². The van der Waals surface area contributed by atoms with Crippen molar-refractivity contribution < 1.29 is 18.3 Å². The molecule has 1 aromatic heterocycles. The van der Waals surface area contributed by atoms with E-state index in [9.17, 15) is 13.6 Å². The molecule has 0 fully saturated rings. The fourth-order valence-electron chi connectivity index (χ4n) is 1.77. The normalized spacial score (nSPS) is 10.7. The molecule has 2 aromatic rings. The van der Waals surface area contributed by atoms with Gasteiger partial charge >= 0.3 is 5.97 Å². The third-order valence-electron chi connectivity index (χ3n) is 2.91. The summed E-state index contributed by atoms with van der Waals surface area (Å²) < 4.78 is 33.2. The van der Waals surface area contributed by atoms with Gasteiger partial charge in [-0.3, -0.25) is 4.68 Å². The van der Waals surface area contributed by atoms with Crippen molar-refractivity contribution in [1.82, 2.24) is 9.78 Å². The summed E-state index contributed by atoms with van der Waals surface area (Å²) in [4.78, 5) is 11.8. The van der Waals surface area contributed by atoms with Gasteiger partial charge in [-0.2, -0.15) is 5.10 Å². The molecule has 0 amide bonds. The Morgan fingerprint density at radius 1 is 1.43 bits per heavy atom. The molecule has 0 bridgehead atoms. The first-order valence-corrected chi connectivity index (χ1v) is 6.28.